The lowest BCUT2D eigenvalue weighted by Crippen LogP contribution is -2.40. The Morgan fingerprint density at radius 1 is 1.25 bits per heavy atom. The van der Waals surface area contributed by atoms with Crippen molar-refractivity contribution < 1.29 is 14.3 Å². The van der Waals surface area contributed by atoms with Crippen LogP contribution in [-0.4, -0.2) is 38.1 Å². The zero-order valence-corrected chi connectivity index (χ0v) is 12.3. The highest BCUT2D eigenvalue weighted by atomic mass is 35.5. The van der Waals surface area contributed by atoms with Gasteiger partial charge in [0.05, 0.1) is 19.6 Å². The minimum absolute atomic E-state index is 0. The summed E-state index contributed by atoms with van der Waals surface area (Å²) in [5, 5.41) is 5.55. The first-order chi connectivity index (χ1) is 9.11. The summed E-state index contributed by atoms with van der Waals surface area (Å²) in [6, 6.07) is 6.98. The van der Waals surface area contributed by atoms with Crippen LogP contribution in [0, 0.1) is 0 Å². The molecule has 0 spiro atoms. The van der Waals surface area contributed by atoms with Crippen molar-refractivity contribution in [2.24, 2.45) is 5.73 Å². The molecule has 4 N–H and O–H groups in total. The van der Waals surface area contributed by atoms with Crippen LogP contribution in [0.2, 0.25) is 5.02 Å². The molecule has 0 saturated heterocycles. The Bertz CT molecular complexity index is 444. The molecule has 0 aliphatic heterocycles. The Morgan fingerprint density at radius 3 is 2.65 bits per heavy atom. The predicted octanol–water partition coefficient (Wildman–Crippen LogP) is 0.332. The quantitative estimate of drug-likeness (QED) is 0.631. The smallest absolute Gasteiger partial charge is 0.239 e. The molecule has 20 heavy (non-hydrogen) atoms. The Morgan fingerprint density at radius 2 is 2.00 bits per heavy atom. The fraction of sp³-hybridized carbons (Fsp3) is 0.333. The van der Waals surface area contributed by atoms with Crippen LogP contribution >= 0.6 is 24.0 Å². The molecule has 2 amide bonds. The molecule has 0 radical (unpaired) electrons. The minimum Gasteiger partial charge on any atom is -0.492 e. The predicted molar refractivity (Wildman–Crippen MR) is 79.3 cm³/mol. The van der Waals surface area contributed by atoms with Crippen molar-refractivity contribution in [3.8, 4) is 5.75 Å². The highest BCUT2D eigenvalue weighted by Gasteiger charge is 2.03. The van der Waals surface area contributed by atoms with Crippen LogP contribution in [-0.2, 0) is 9.59 Å². The molecule has 0 atom stereocenters. The molecule has 0 aromatic heterocycles. The molecule has 1 aromatic rings. The summed E-state index contributed by atoms with van der Waals surface area (Å²) in [5.74, 6) is -0.0278. The van der Waals surface area contributed by atoms with Crippen molar-refractivity contribution in [1.82, 2.24) is 10.6 Å². The molecule has 0 aliphatic carbocycles. The molecule has 0 heterocycles. The summed E-state index contributed by atoms with van der Waals surface area (Å²) in [5.41, 5.74) is 5.08. The van der Waals surface area contributed by atoms with Crippen LogP contribution in [0.25, 0.3) is 0 Å². The van der Waals surface area contributed by atoms with Gasteiger partial charge in [-0.2, -0.15) is 0 Å². The van der Waals surface area contributed by atoms with Crippen LogP contribution in [0.4, 0.5) is 0 Å². The topological polar surface area (TPSA) is 93.5 Å². The fourth-order valence-electron chi connectivity index (χ4n) is 1.23. The standard InChI is InChI=1S/C12H16ClN3O3.ClH/c13-9-2-1-3-10(6-9)19-5-4-15-12(18)8-16-11(17)7-14;/h1-3,6H,4-5,7-8,14H2,(H,15,18)(H,16,17);1H. The number of hydrogen-bond donors (Lipinski definition) is 3. The number of nitrogens with two attached hydrogens (primary N) is 1. The molecule has 0 saturated carbocycles. The van der Waals surface area contributed by atoms with Gasteiger partial charge < -0.3 is 21.1 Å². The van der Waals surface area contributed by atoms with Gasteiger partial charge in [-0.3, -0.25) is 9.59 Å². The number of nitrogens with one attached hydrogen (secondary N) is 2. The number of benzene rings is 1. The van der Waals surface area contributed by atoms with Crippen LogP contribution in [0.3, 0.4) is 0 Å². The van der Waals surface area contributed by atoms with E-state index in [1.165, 1.54) is 0 Å². The van der Waals surface area contributed by atoms with Gasteiger partial charge in [0.25, 0.3) is 0 Å². The molecule has 0 fully saturated rings. The third-order valence-corrected chi connectivity index (χ3v) is 2.36. The summed E-state index contributed by atoms with van der Waals surface area (Å²) in [7, 11) is 0. The molecule has 1 rings (SSSR count). The van der Waals surface area contributed by atoms with E-state index in [4.69, 9.17) is 22.1 Å². The SMILES string of the molecule is Cl.NCC(=O)NCC(=O)NCCOc1cccc(Cl)c1. The summed E-state index contributed by atoms with van der Waals surface area (Å²) in [6.45, 7) is 0.430. The third-order valence-electron chi connectivity index (χ3n) is 2.12. The van der Waals surface area contributed by atoms with Gasteiger partial charge in [-0.15, -0.1) is 12.4 Å². The van der Waals surface area contributed by atoms with Crippen molar-refractivity contribution in [3.05, 3.63) is 29.3 Å². The lowest BCUT2D eigenvalue weighted by atomic mass is 10.3. The molecular weight excluding hydrogens is 305 g/mol. The monoisotopic (exact) mass is 321 g/mol. The van der Waals surface area contributed by atoms with Gasteiger partial charge in [-0.1, -0.05) is 17.7 Å². The van der Waals surface area contributed by atoms with Crippen LogP contribution in [0.1, 0.15) is 0 Å². The molecule has 8 heteroatoms. The first kappa shape index (κ1) is 18.5. The van der Waals surface area contributed by atoms with E-state index in [1.54, 1.807) is 24.3 Å². The summed E-state index contributed by atoms with van der Waals surface area (Å²) in [6.07, 6.45) is 0. The van der Waals surface area contributed by atoms with Crippen LogP contribution in [0.5, 0.6) is 5.75 Å². The second-order valence-electron chi connectivity index (χ2n) is 3.64. The number of carbonyl (C=O) groups is 2. The fourth-order valence-corrected chi connectivity index (χ4v) is 1.41. The van der Waals surface area contributed by atoms with E-state index >= 15 is 0 Å². The van der Waals surface area contributed by atoms with Crippen molar-refractivity contribution in [2.75, 3.05) is 26.2 Å². The van der Waals surface area contributed by atoms with E-state index in [0.717, 1.165) is 0 Å². The van der Waals surface area contributed by atoms with Crippen LogP contribution < -0.4 is 21.1 Å². The highest BCUT2D eigenvalue weighted by molar-refractivity contribution is 6.30. The van der Waals surface area contributed by atoms with Crippen LogP contribution in [0.15, 0.2) is 24.3 Å². The van der Waals surface area contributed by atoms with E-state index in [0.29, 0.717) is 23.9 Å². The average Bonchev–Trinajstić information content (AvgIpc) is 2.41. The summed E-state index contributed by atoms with van der Waals surface area (Å²) >= 11 is 5.79. The van der Waals surface area contributed by atoms with Crippen molar-refractivity contribution >= 4 is 35.8 Å². The Labute approximate surface area is 128 Å². The minimum atomic E-state index is -0.370. The van der Waals surface area contributed by atoms with Gasteiger partial charge in [-0.25, -0.2) is 0 Å². The summed E-state index contributed by atoms with van der Waals surface area (Å²) in [4.78, 5) is 22.1. The maximum absolute atomic E-state index is 11.3. The summed E-state index contributed by atoms with van der Waals surface area (Å²) < 4.78 is 5.38. The normalized spacial score (nSPS) is 9.30. The molecule has 0 aliphatic rings. The molecule has 6 nitrogen and oxygen atoms in total. The van der Waals surface area contributed by atoms with Gasteiger partial charge in [0.2, 0.25) is 11.8 Å². The van der Waals surface area contributed by atoms with E-state index in [-0.39, 0.29) is 37.3 Å². The zero-order chi connectivity index (χ0) is 14.1. The molecular formula is C12H17Cl2N3O3. The number of rotatable bonds is 7. The molecule has 0 bridgehead atoms. The lowest BCUT2D eigenvalue weighted by Gasteiger charge is -2.08. The van der Waals surface area contributed by atoms with E-state index in [2.05, 4.69) is 10.6 Å². The Hall–Kier alpha value is -1.50. The van der Waals surface area contributed by atoms with Gasteiger partial charge in [0, 0.05) is 5.02 Å². The average molecular weight is 322 g/mol. The van der Waals surface area contributed by atoms with Gasteiger partial charge in [0.1, 0.15) is 12.4 Å². The Balaban J connectivity index is 0.00000361. The first-order valence-corrected chi connectivity index (χ1v) is 6.11. The number of ether oxygens (including phenoxy) is 1. The second kappa shape index (κ2) is 10.3. The van der Waals surface area contributed by atoms with E-state index in [9.17, 15) is 9.59 Å². The number of halogens is 2. The van der Waals surface area contributed by atoms with Crippen molar-refractivity contribution in [1.29, 1.82) is 0 Å². The maximum atomic E-state index is 11.3. The maximum Gasteiger partial charge on any atom is 0.239 e. The molecule has 112 valence electrons. The van der Waals surface area contributed by atoms with Gasteiger partial charge >= 0.3 is 0 Å². The zero-order valence-electron chi connectivity index (χ0n) is 10.7. The van der Waals surface area contributed by atoms with Gasteiger partial charge in [0.15, 0.2) is 0 Å². The first-order valence-electron chi connectivity index (χ1n) is 5.73. The third kappa shape index (κ3) is 7.83. The van der Waals surface area contributed by atoms with E-state index in [1.807, 2.05) is 0 Å². The van der Waals surface area contributed by atoms with Crippen molar-refractivity contribution in [2.45, 2.75) is 0 Å². The van der Waals surface area contributed by atoms with E-state index < -0.39 is 0 Å². The number of carbonyl (C=O) groups excluding carboxylic acids is 2. The Kier molecular flexibility index (Phi) is 9.53. The lowest BCUT2D eigenvalue weighted by molar-refractivity contribution is -0.125. The largest absolute Gasteiger partial charge is 0.492 e. The molecule has 1 aromatic carbocycles. The highest BCUT2D eigenvalue weighted by Crippen LogP contribution is 2.16. The second-order valence-corrected chi connectivity index (χ2v) is 4.07. The number of hydrogen-bond acceptors (Lipinski definition) is 4. The van der Waals surface area contributed by atoms with Crippen molar-refractivity contribution in [3.63, 3.8) is 0 Å². The molecule has 0 unspecified atom stereocenters. The van der Waals surface area contributed by atoms with Gasteiger partial charge in [-0.05, 0) is 18.2 Å². The number of amides is 2.